The number of hydrogen-bond donors (Lipinski definition) is 0. The summed E-state index contributed by atoms with van der Waals surface area (Å²) in [7, 11) is 0. The number of nitrogens with zero attached hydrogens (tertiary/aromatic N) is 4. The lowest BCUT2D eigenvalue weighted by Crippen LogP contribution is -2.13. The molecule has 24 heavy (non-hydrogen) atoms. The Labute approximate surface area is 140 Å². The molecule has 0 saturated carbocycles. The van der Waals surface area contributed by atoms with Crippen LogP contribution < -0.4 is 0 Å². The summed E-state index contributed by atoms with van der Waals surface area (Å²) in [5.74, 6) is 0. The van der Waals surface area contributed by atoms with Gasteiger partial charge in [-0.2, -0.15) is 5.10 Å². The zero-order valence-electron chi connectivity index (χ0n) is 13.5. The van der Waals surface area contributed by atoms with Crippen molar-refractivity contribution in [3.63, 3.8) is 0 Å². The molecule has 1 saturated heterocycles. The highest BCUT2D eigenvalue weighted by Gasteiger charge is 2.31. The zero-order valence-corrected chi connectivity index (χ0v) is 13.5. The standard InChI is InChI=1S/C18H18N4O2/c1-12-13(2)24-18(23-12)17-7-3-6-16(21-17)14-9-20-22(11-14)15-5-4-8-19-10-15/h3-13,18H,1-2H3. The maximum atomic E-state index is 5.81. The predicted molar refractivity (Wildman–Crippen MR) is 88.4 cm³/mol. The topological polar surface area (TPSA) is 62.1 Å². The van der Waals surface area contributed by atoms with Gasteiger partial charge in [-0.1, -0.05) is 6.07 Å². The second kappa shape index (κ2) is 6.14. The molecule has 4 rings (SSSR count). The third-order valence-electron chi connectivity index (χ3n) is 4.14. The van der Waals surface area contributed by atoms with Crippen molar-refractivity contribution < 1.29 is 9.47 Å². The fraction of sp³-hybridized carbons (Fsp3) is 0.278. The van der Waals surface area contributed by atoms with E-state index in [0.717, 1.165) is 22.6 Å². The first kappa shape index (κ1) is 15.0. The lowest BCUT2D eigenvalue weighted by molar-refractivity contribution is -0.0681. The average Bonchev–Trinajstić information content (AvgIpc) is 3.24. The Hall–Kier alpha value is -2.57. The second-order valence-electron chi connectivity index (χ2n) is 5.85. The Morgan fingerprint density at radius 1 is 1.00 bits per heavy atom. The zero-order chi connectivity index (χ0) is 16.5. The van der Waals surface area contributed by atoms with E-state index >= 15 is 0 Å². The molecule has 0 aromatic carbocycles. The molecule has 0 bridgehead atoms. The highest BCUT2D eigenvalue weighted by molar-refractivity contribution is 5.57. The summed E-state index contributed by atoms with van der Waals surface area (Å²) in [6.45, 7) is 4.01. The van der Waals surface area contributed by atoms with Crippen molar-refractivity contribution >= 4 is 0 Å². The smallest absolute Gasteiger partial charge is 0.201 e. The molecule has 3 aromatic rings. The van der Waals surface area contributed by atoms with E-state index in [2.05, 4.69) is 15.1 Å². The third kappa shape index (κ3) is 2.81. The molecule has 6 nitrogen and oxygen atoms in total. The van der Waals surface area contributed by atoms with Gasteiger partial charge >= 0.3 is 0 Å². The van der Waals surface area contributed by atoms with Gasteiger partial charge in [0.05, 0.1) is 41.7 Å². The van der Waals surface area contributed by atoms with Crippen molar-refractivity contribution in [2.45, 2.75) is 32.3 Å². The van der Waals surface area contributed by atoms with Crippen LogP contribution in [0.25, 0.3) is 16.9 Å². The van der Waals surface area contributed by atoms with Gasteiger partial charge in [0.1, 0.15) is 0 Å². The van der Waals surface area contributed by atoms with E-state index in [1.54, 1.807) is 23.3 Å². The van der Waals surface area contributed by atoms with Crippen molar-refractivity contribution in [3.8, 4) is 16.9 Å². The Balaban J connectivity index is 1.61. The third-order valence-corrected chi connectivity index (χ3v) is 4.14. The molecular weight excluding hydrogens is 304 g/mol. The fourth-order valence-electron chi connectivity index (χ4n) is 2.61. The summed E-state index contributed by atoms with van der Waals surface area (Å²) in [6, 6.07) is 9.67. The first-order chi connectivity index (χ1) is 11.7. The molecule has 3 aromatic heterocycles. The maximum Gasteiger partial charge on any atom is 0.201 e. The van der Waals surface area contributed by atoms with E-state index in [4.69, 9.17) is 9.47 Å². The summed E-state index contributed by atoms with van der Waals surface area (Å²) >= 11 is 0. The van der Waals surface area contributed by atoms with Crippen LogP contribution in [0.1, 0.15) is 25.8 Å². The van der Waals surface area contributed by atoms with Crippen LogP contribution in [-0.4, -0.2) is 32.0 Å². The summed E-state index contributed by atoms with van der Waals surface area (Å²) in [4.78, 5) is 8.80. The van der Waals surface area contributed by atoms with Gasteiger partial charge in [0, 0.05) is 18.0 Å². The van der Waals surface area contributed by atoms with E-state index in [0.29, 0.717) is 0 Å². The van der Waals surface area contributed by atoms with Gasteiger partial charge in [-0.05, 0) is 38.1 Å². The summed E-state index contributed by atoms with van der Waals surface area (Å²) in [5, 5.41) is 4.39. The lowest BCUT2D eigenvalue weighted by atomic mass is 10.2. The van der Waals surface area contributed by atoms with Gasteiger partial charge in [-0.15, -0.1) is 0 Å². The van der Waals surface area contributed by atoms with Crippen LogP contribution in [0.5, 0.6) is 0 Å². The molecule has 2 atom stereocenters. The first-order valence-electron chi connectivity index (χ1n) is 7.94. The Morgan fingerprint density at radius 2 is 1.83 bits per heavy atom. The van der Waals surface area contributed by atoms with Crippen molar-refractivity contribution in [3.05, 3.63) is 60.8 Å². The minimum atomic E-state index is -0.414. The Kier molecular flexibility index (Phi) is 3.84. The van der Waals surface area contributed by atoms with Crippen LogP contribution in [0.3, 0.4) is 0 Å². The normalized spacial score (nSPS) is 23.5. The number of hydrogen-bond acceptors (Lipinski definition) is 5. The van der Waals surface area contributed by atoms with Gasteiger partial charge in [0.15, 0.2) is 0 Å². The van der Waals surface area contributed by atoms with Crippen LogP contribution in [0.4, 0.5) is 0 Å². The number of ether oxygens (including phenoxy) is 2. The highest BCUT2D eigenvalue weighted by atomic mass is 16.7. The lowest BCUT2D eigenvalue weighted by Gasteiger charge is -2.10. The van der Waals surface area contributed by atoms with Crippen molar-refractivity contribution in [2.75, 3.05) is 0 Å². The van der Waals surface area contributed by atoms with Crippen molar-refractivity contribution in [2.24, 2.45) is 0 Å². The molecule has 4 heterocycles. The number of pyridine rings is 2. The van der Waals surface area contributed by atoms with Gasteiger partial charge in [0.2, 0.25) is 6.29 Å². The number of aromatic nitrogens is 4. The number of rotatable bonds is 3. The monoisotopic (exact) mass is 322 g/mol. The first-order valence-corrected chi connectivity index (χ1v) is 7.94. The summed E-state index contributed by atoms with van der Waals surface area (Å²) in [6.07, 6.45) is 6.95. The molecule has 2 unspecified atom stereocenters. The van der Waals surface area contributed by atoms with Crippen LogP contribution in [0.2, 0.25) is 0 Å². The molecule has 1 aliphatic heterocycles. The highest BCUT2D eigenvalue weighted by Crippen LogP contribution is 2.31. The van der Waals surface area contributed by atoms with E-state index in [1.165, 1.54) is 0 Å². The Bertz CT molecular complexity index is 824. The summed E-state index contributed by atoms with van der Waals surface area (Å²) in [5.41, 5.74) is 3.45. The van der Waals surface area contributed by atoms with Gasteiger partial charge < -0.3 is 9.47 Å². The van der Waals surface area contributed by atoms with E-state index in [-0.39, 0.29) is 12.2 Å². The van der Waals surface area contributed by atoms with Crippen LogP contribution >= 0.6 is 0 Å². The van der Waals surface area contributed by atoms with E-state index < -0.39 is 6.29 Å². The predicted octanol–water partition coefficient (Wildman–Crippen LogP) is 3.15. The van der Waals surface area contributed by atoms with E-state index in [1.807, 2.05) is 50.4 Å². The minimum absolute atomic E-state index is 0.0637. The molecule has 0 spiro atoms. The molecule has 0 aliphatic carbocycles. The maximum absolute atomic E-state index is 5.81. The quantitative estimate of drug-likeness (QED) is 0.741. The van der Waals surface area contributed by atoms with Gasteiger partial charge in [-0.3, -0.25) is 4.98 Å². The second-order valence-corrected chi connectivity index (χ2v) is 5.85. The molecule has 0 N–H and O–H groups in total. The molecule has 0 radical (unpaired) electrons. The minimum Gasteiger partial charge on any atom is -0.341 e. The molecular formula is C18H18N4O2. The largest absolute Gasteiger partial charge is 0.341 e. The van der Waals surface area contributed by atoms with Crippen LogP contribution in [-0.2, 0) is 9.47 Å². The van der Waals surface area contributed by atoms with Gasteiger partial charge in [0.25, 0.3) is 0 Å². The van der Waals surface area contributed by atoms with Crippen molar-refractivity contribution in [1.29, 1.82) is 0 Å². The van der Waals surface area contributed by atoms with Crippen LogP contribution in [0.15, 0.2) is 55.1 Å². The SMILES string of the molecule is CC1OC(c2cccc(-c3cnn(-c4cccnc4)c3)n2)OC1C. The molecule has 0 amide bonds. The van der Waals surface area contributed by atoms with Crippen LogP contribution in [0, 0.1) is 0 Å². The van der Waals surface area contributed by atoms with E-state index in [9.17, 15) is 0 Å². The molecule has 122 valence electrons. The fourth-order valence-corrected chi connectivity index (χ4v) is 2.61. The average molecular weight is 322 g/mol. The summed E-state index contributed by atoms with van der Waals surface area (Å²) < 4.78 is 13.4. The molecule has 1 aliphatic rings. The van der Waals surface area contributed by atoms with Gasteiger partial charge in [-0.25, -0.2) is 9.67 Å². The molecule has 1 fully saturated rings. The van der Waals surface area contributed by atoms with Crippen molar-refractivity contribution in [1.82, 2.24) is 19.7 Å². The Morgan fingerprint density at radius 3 is 2.58 bits per heavy atom. The molecule has 6 heteroatoms.